The number of hydrogen-bond donors (Lipinski definition) is 4. The van der Waals surface area contributed by atoms with Crippen molar-refractivity contribution in [2.45, 2.75) is 155 Å². The highest BCUT2D eigenvalue weighted by Gasteiger charge is 2.36. The zero-order chi connectivity index (χ0) is 30.5. The standard InChI is InChI=1S/C32H58N4O5/c1-5-6-7-8-9-10-11-12-13-14-15-16-17-18-19-22-29(38)34-26(3)30(39)35-27(4)32(41)36-23-20-21-28(36)31(40)33-25(2)24-37/h12-13,25-28,37H,5-11,14-24H2,1-4H3,(H,33,40)(H,34,38)(H,35,39)/b13-12-/t25-,26-,27-,28-/m0/s1. The van der Waals surface area contributed by atoms with E-state index in [1.807, 2.05) is 0 Å². The van der Waals surface area contributed by atoms with E-state index in [0.29, 0.717) is 25.8 Å². The first-order valence-corrected chi connectivity index (χ1v) is 16.2. The Balaban J connectivity index is 2.18. The summed E-state index contributed by atoms with van der Waals surface area (Å²) >= 11 is 0. The van der Waals surface area contributed by atoms with Crippen LogP contribution in [0.3, 0.4) is 0 Å². The number of nitrogens with one attached hydrogen (secondary N) is 3. The number of aliphatic hydroxyl groups is 1. The Kier molecular flexibility index (Phi) is 19.8. The molecule has 4 atom stereocenters. The normalized spacial score (nSPS) is 17.3. The molecule has 4 N–H and O–H groups in total. The van der Waals surface area contributed by atoms with Crippen molar-refractivity contribution in [2.24, 2.45) is 0 Å². The van der Waals surface area contributed by atoms with Crippen LogP contribution in [0.2, 0.25) is 0 Å². The second-order valence-corrected chi connectivity index (χ2v) is 11.6. The summed E-state index contributed by atoms with van der Waals surface area (Å²) < 4.78 is 0. The van der Waals surface area contributed by atoms with E-state index in [0.717, 1.165) is 32.1 Å². The van der Waals surface area contributed by atoms with E-state index in [9.17, 15) is 24.3 Å². The van der Waals surface area contributed by atoms with Gasteiger partial charge in [-0.05, 0) is 65.7 Å². The molecule has 1 aliphatic rings. The van der Waals surface area contributed by atoms with Gasteiger partial charge in [0, 0.05) is 19.0 Å². The van der Waals surface area contributed by atoms with Gasteiger partial charge in [-0.3, -0.25) is 19.2 Å². The van der Waals surface area contributed by atoms with Crippen molar-refractivity contribution in [2.75, 3.05) is 13.2 Å². The molecule has 0 saturated carbocycles. The number of unbranched alkanes of at least 4 members (excludes halogenated alkanes) is 11. The molecule has 0 radical (unpaired) electrons. The fourth-order valence-electron chi connectivity index (χ4n) is 5.07. The molecular formula is C32H58N4O5. The number of aliphatic hydroxyl groups excluding tert-OH is 1. The summed E-state index contributed by atoms with van der Waals surface area (Å²) in [5.41, 5.74) is 0. The van der Waals surface area contributed by atoms with Gasteiger partial charge in [0.25, 0.3) is 0 Å². The lowest BCUT2D eigenvalue weighted by Crippen LogP contribution is -2.55. The van der Waals surface area contributed by atoms with Crippen LogP contribution in [0.25, 0.3) is 0 Å². The molecule has 0 unspecified atom stereocenters. The van der Waals surface area contributed by atoms with Gasteiger partial charge in [0.05, 0.1) is 6.61 Å². The second kappa shape index (κ2) is 22.2. The van der Waals surface area contributed by atoms with Crippen molar-refractivity contribution in [3.63, 3.8) is 0 Å². The summed E-state index contributed by atoms with van der Waals surface area (Å²) in [5.74, 6) is -1.23. The lowest BCUT2D eigenvalue weighted by molar-refractivity contribution is -0.141. The monoisotopic (exact) mass is 578 g/mol. The molecule has 4 amide bonds. The number of allylic oxidation sites excluding steroid dienone is 2. The number of hydrogen-bond acceptors (Lipinski definition) is 5. The number of carbonyl (C=O) groups excluding carboxylic acids is 4. The molecule has 1 heterocycles. The fourth-order valence-corrected chi connectivity index (χ4v) is 5.07. The van der Waals surface area contributed by atoms with Crippen LogP contribution in [0.4, 0.5) is 0 Å². The third-order valence-corrected chi connectivity index (χ3v) is 7.67. The molecule has 1 saturated heterocycles. The molecule has 0 spiro atoms. The molecule has 9 nitrogen and oxygen atoms in total. The third kappa shape index (κ3) is 16.0. The van der Waals surface area contributed by atoms with Gasteiger partial charge < -0.3 is 26.0 Å². The summed E-state index contributed by atoms with van der Waals surface area (Å²) in [6.45, 7) is 7.38. The molecule has 0 aromatic heterocycles. The third-order valence-electron chi connectivity index (χ3n) is 7.67. The van der Waals surface area contributed by atoms with Crippen LogP contribution in [0.5, 0.6) is 0 Å². The maximum absolute atomic E-state index is 13.0. The van der Waals surface area contributed by atoms with Crippen molar-refractivity contribution in [1.82, 2.24) is 20.9 Å². The predicted octanol–water partition coefficient (Wildman–Crippen LogP) is 4.52. The molecule has 0 aromatic carbocycles. The van der Waals surface area contributed by atoms with Crippen LogP contribution in [-0.2, 0) is 19.2 Å². The molecule has 9 heteroatoms. The van der Waals surface area contributed by atoms with Crippen molar-refractivity contribution < 1.29 is 24.3 Å². The van der Waals surface area contributed by atoms with Crippen LogP contribution in [0.1, 0.15) is 130 Å². The Bertz CT molecular complexity index is 803. The van der Waals surface area contributed by atoms with Gasteiger partial charge in [-0.25, -0.2) is 0 Å². The van der Waals surface area contributed by atoms with Crippen LogP contribution < -0.4 is 16.0 Å². The van der Waals surface area contributed by atoms with Gasteiger partial charge in [0.2, 0.25) is 23.6 Å². The zero-order valence-electron chi connectivity index (χ0n) is 26.2. The Morgan fingerprint density at radius 2 is 1.39 bits per heavy atom. The number of rotatable bonds is 22. The maximum atomic E-state index is 13.0. The Hall–Kier alpha value is -2.42. The molecule has 1 aliphatic heterocycles. The largest absolute Gasteiger partial charge is 0.394 e. The minimum atomic E-state index is -0.823. The van der Waals surface area contributed by atoms with E-state index >= 15 is 0 Å². The lowest BCUT2D eigenvalue weighted by atomic mass is 10.1. The van der Waals surface area contributed by atoms with Crippen molar-refractivity contribution in [3.8, 4) is 0 Å². The fraction of sp³-hybridized carbons (Fsp3) is 0.812. The first kappa shape index (κ1) is 36.6. The summed E-state index contributed by atoms with van der Waals surface area (Å²) in [6, 6.07) is -2.59. The molecule has 0 aliphatic carbocycles. The highest BCUT2D eigenvalue weighted by molar-refractivity contribution is 5.94. The number of amides is 4. The van der Waals surface area contributed by atoms with Gasteiger partial charge in [-0.2, -0.15) is 0 Å². The van der Waals surface area contributed by atoms with Gasteiger partial charge in [-0.15, -0.1) is 0 Å². The summed E-state index contributed by atoms with van der Waals surface area (Å²) in [6.07, 6.45) is 21.8. The summed E-state index contributed by atoms with van der Waals surface area (Å²) in [4.78, 5) is 51.9. The van der Waals surface area contributed by atoms with Crippen LogP contribution in [0, 0.1) is 0 Å². The van der Waals surface area contributed by atoms with Crippen molar-refractivity contribution >= 4 is 23.6 Å². The van der Waals surface area contributed by atoms with E-state index in [1.54, 1.807) is 20.8 Å². The van der Waals surface area contributed by atoms with Gasteiger partial charge >= 0.3 is 0 Å². The average Bonchev–Trinajstić information content (AvgIpc) is 3.44. The molecule has 0 aromatic rings. The molecule has 41 heavy (non-hydrogen) atoms. The average molecular weight is 579 g/mol. The molecular weight excluding hydrogens is 520 g/mol. The minimum Gasteiger partial charge on any atom is -0.394 e. The van der Waals surface area contributed by atoms with Gasteiger partial charge in [-0.1, -0.05) is 70.4 Å². The highest BCUT2D eigenvalue weighted by atomic mass is 16.3. The number of nitrogens with zero attached hydrogens (tertiary/aromatic N) is 1. The van der Waals surface area contributed by atoms with Crippen molar-refractivity contribution in [1.29, 1.82) is 0 Å². The topological polar surface area (TPSA) is 128 Å². The van der Waals surface area contributed by atoms with E-state index in [4.69, 9.17) is 0 Å². The number of carbonyl (C=O) groups is 4. The lowest BCUT2D eigenvalue weighted by Gasteiger charge is -2.28. The minimum absolute atomic E-state index is 0.168. The summed E-state index contributed by atoms with van der Waals surface area (Å²) in [5, 5.41) is 17.3. The SMILES string of the molecule is CCCCCCCC/C=C\CCCCCCCC(=O)N[C@@H](C)C(=O)N[C@@H](C)C(=O)N1CCC[C@H]1C(=O)N[C@@H](C)CO. The predicted molar refractivity (Wildman–Crippen MR) is 164 cm³/mol. The molecule has 1 fully saturated rings. The Morgan fingerprint density at radius 3 is 2.00 bits per heavy atom. The second-order valence-electron chi connectivity index (χ2n) is 11.6. The molecule has 236 valence electrons. The Morgan fingerprint density at radius 1 is 0.805 bits per heavy atom. The van der Waals surface area contributed by atoms with E-state index in [-0.39, 0.29) is 24.3 Å². The van der Waals surface area contributed by atoms with E-state index in [1.165, 1.54) is 56.3 Å². The van der Waals surface area contributed by atoms with Gasteiger partial charge in [0.1, 0.15) is 18.1 Å². The van der Waals surface area contributed by atoms with E-state index in [2.05, 4.69) is 35.0 Å². The smallest absolute Gasteiger partial charge is 0.245 e. The zero-order valence-corrected chi connectivity index (χ0v) is 26.2. The molecule has 1 rings (SSSR count). The quantitative estimate of drug-likeness (QED) is 0.111. The Labute approximate surface area is 248 Å². The van der Waals surface area contributed by atoms with Crippen LogP contribution >= 0.6 is 0 Å². The van der Waals surface area contributed by atoms with Crippen LogP contribution in [-0.4, -0.2) is 71.0 Å². The van der Waals surface area contributed by atoms with Gasteiger partial charge in [0.15, 0.2) is 0 Å². The highest BCUT2D eigenvalue weighted by Crippen LogP contribution is 2.19. The number of likely N-dealkylation sites (tertiary alicyclic amines) is 1. The first-order chi connectivity index (χ1) is 19.7. The van der Waals surface area contributed by atoms with Crippen LogP contribution in [0.15, 0.2) is 12.2 Å². The molecule has 0 bridgehead atoms. The first-order valence-electron chi connectivity index (χ1n) is 16.2. The summed E-state index contributed by atoms with van der Waals surface area (Å²) in [7, 11) is 0. The van der Waals surface area contributed by atoms with E-state index < -0.39 is 30.1 Å². The van der Waals surface area contributed by atoms with Crippen molar-refractivity contribution in [3.05, 3.63) is 12.2 Å². The maximum Gasteiger partial charge on any atom is 0.245 e.